The second kappa shape index (κ2) is 65.2. The number of ketones is 2. The van der Waals surface area contributed by atoms with E-state index in [1.54, 1.807) is 6.92 Å². The molecule has 3 amide bonds. The van der Waals surface area contributed by atoms with E-state index in [1.165, 1.54) is 122 Å². The first-order chi connectivity index (χ1) is 44.1. The van der Waals surface area contributed by atoms with Gasteiger partial charge in [-0.1, -0.05) is 168 Å². The van der Waals surface area contributed by atoms with E-state index in [4.69, 9.17) is 17.7 Å². The molecule has 0 rings (SSSR count). The summed E-state index contributed by atoms with van der Waals surface area (Å²) in [4.78, 5) is 91.0. The second-order valence-corrected chi connectivity index (χ2v) is 29.8. The van der Waals surface area contributed by atoms with Crippen LogP contribution in [0.1, 0.15) is 272 Å². The van der Waals surface area contributed by atoms with Gasteiger partial charge in [0.25, 0.3) is 0 Å². The molecule has 0 aromatic carbocycles. The minimum absolute atomic E-state index is 0. The summed E-state index contributed by atoms with van der Waals surface area (Å²) in [6.45, 7) is 18.1. The summed E-state index contributed by atoms with van der Waals surface area (Å²) < 4.78 is 27.2. The molecule has 0 aromatic heterocycles. The third kappa shape index (κ3) is 84.8. The van der Waals surface area contributed by atoms with E-state index in [9.17, 15) is 48.6 Å². The molecule has 0 aliphatic rings. The van der Waals surface area contributed by atoms with Gasteiger partial charge in [0.2, 0.25) is 17.7 Å². The monoisotopic (exact) mass is 1380 g/mol. The van der Waals surface area contributed by atoms with Gasteiger partial charge in [0.05, 0.1) is 94.5 Å². The molecule has 0 fully saturated rings. The maximum absolute atomic E-state index is 12.1. The zero-order chi connectivity index (χ0) is 72.1. The molecule has 0 aliphatic heterocycles. The Morgan fingerprint density at radius 1 is 0.400 bits per heavy atom. The summed E-state index contributed by atoms with van der Waals surface area (Å²) >= 11 is 0. The molecule has 4 N–H and O–H groups in total. The number of unbranched alkanes of at least 4 members (excludes halogenated alkanes) is 20. The van der Waals surface area contributed by atoms with Gasteiger partial charge in [0.15, 0.2) is 12.3 Å². The molecule has 2 atom stereocenters. The van der Waals surface area contributed by atoms with Gasteiger partial charge in [-0.25, -0.2) is 4.79 Å². The van der Waals surface area contributed by atoms with Crippen LogP contribution in [-0.2, 0) is 49.0 Å². The molecule has 95 heavy (non-hydrogen) atoms. The summed E-state index contributed by atoms with van der Waals surface area (Å²) in [5, 5.41) is 39.0. The van der Waals surface area contributed by atoms with E-state index in [-0.39, 0.29) is 72.7 Å². The number of Topliss-reactive ketones (excluding diaryl/α,β-unsaturated/α-hetero) is 2. The molecule has 0 heterocycles. The zero-order valence-corrected chi connectivity index (χ0v) is 65.8. The van der Waals surface area contributed by atoms with Crippen LogP contribution in [-0.4, -0.2) is 211 Å². The van der Waals surface area contributed by atoms with Crippen molar-refractivity contribution in [2.24, 2.45) is 11.8 Å². The van der Waals surface area contributed by atoms with E-state index >= 15 is 0 Å². The first kappa shape index (κ1) is 100. The molecule has 0 bridgehead atoms. The second-order valence-electron chi connectivity index (χ2n) is 29.4. The number of hydrogen-bond acceptors (Lipinski definition) is 13. The molecule has 23 heteroatoms. The third-order valence-electron chi connectivity index (χ3n) is 16.9. The first-order valence-electron chi connectivity index (χ1n) is 36.4. The number of aliphatic carboxylic acids is 3. The van der Waals surface area contributed by atoms with Crippen molar-refractivity contribution in [1.29, 1.82) is 0 Å². The molecular formula is C72H142N7NaO14S+2. The average Bonchev–Trinajstić information content (AvgIpc) is 1.10. The third-order valence-corrected chi connectivity index (χ3v) is 16.9. The number of quaternary nitrogens is 4. The van der Waals surface area contributed by atoms with Crippen molar-refractivity contribution in [1.82, 2.24) is 16.0 Å². The number of carboxylic acid groups (broad SMARTS) is 3. The van der Waals surface area contributed by atoms with Gasteiger partial charge in [-0.3, -0.25) is 24.0 Å². The first-order valence-corrected chi connectivity index (χ1v) is 37.4. The minimum atomic E-state index is -3.11. The normalized spacial score (nSPS) is 12.0. The molecule has 0 saturated carbocycles. The Labute approximate surface area is 602 Å². The van der Waals surface area contributed by atoms with E-state index in [0.717, 1.165) is 115 Å². The van der Waals surface area contributed by atoms with Crippen LogP contribution >= 0.6 is 0 Å². The van der Waals surface area contributed by atoms with Crippen molar-refractivity contribution in [2.75, 3.05) is 128 Å². The number of rotatable bonds is 60. The summed E-state index contributed by atoms with van der Waals surface area (Å²) in [6.07, 6.45) is 40.9. The summed E-state index contributed by atoms with van der Waals surface area (Å²) in [6, 6.07) is 0. The number of carbonyl (C=O) groups is 8. The number of likely N-dealkylation sites (N-methyl/N-ethyl adjacent to an activating group) is 4. The van der Waals surface area contributed by atoms with E-state index in [0.29, 0.717) is 95.1 Å². The Morgan fingerprint density at radius 3 is 0.968 bits per heavy atom. The van der Waals surface area contributed by atoms with E-state index in [1.807, 2.05) is 42.3 Å². The topological polar surface area (TPSA) is 290 Å². The van der Waals surface area contributed by atoms with Gasteiger partial charge in [0, 0.05) is 77.9 Å². The number of nitrogens with zero attached hydrogens (tertiary/aromatic N) is 4. The standard InChI is InChI=1S/C35H67N3O5.C20H40N2O3.C17H34N2O3.Na.O3S/c1-31(22-15-11-9-13-17-25-34(41)36-26-20-28-37(3,4)29-32(2)39)21-14-10-7-8-12-16-23-33(40)24-18-19-27-38(5,6)30-35(42)43;1-5-12-18(2)13-9-7-6-8-10-14-19(23)21-15-11-16-22(3,4)17-20(24)25;1-4-5-6-7-8-9-10-12-16(20)18-13-11-14-19(2,3)15-17(21)22;;1-4(2)3/h31H,7-30H2,1-6H3;18H,5-17H2,1-4H3,(H-,21,23,24,25);1,4-15H2,2-3H3,(H,18,20)(H,21,22);;/q;;;+1;/p+1. The molecule has 0 radical (unpaired) electrons. The van der Waals surface area contributed by atoms with Crippen molar-refractivity contribution in [2.45, 2.75) is 272 Å². The van der Waals surface area contributed by atoms with Crippen LogP contribution in [0.5, 0.6) is 0 Å². The van der Waals surface area contributed by atoms with Gasteiger partial charge in [0.1, 0.15) is 25.4 Å². The molecule has 0 aliphatic carbocycles. The quantitative estimate of drug-likeness (QED) is 0.0225. The van der Waals surface area contributed by atoms with Gasteiger partial charge in [-0.2, -0.15) is 6.42 Å². The maximum atomic E-state index is 12.1. The smallest absolute Gasteiger partial charge is 0.544 e. The fourth-order valence-electron chi connectivity index (χ4n) is 11.5. The largest absolute Gasteiger partial charge is 1.00 e. The molecule has 2 unspecified atom stereocenters. The van der Waals surface area contributed by atoms with Crippen LogP contribution in [0.2, 0.25) is 0 Å². The van der Waals surface area contributed by atoms with Crippen molar-refractivity contribution in [3.05, 3.63) is 6.92 Å². The Bertz CT molecular complexity index is 2090. The predicted molar refractivity (Wildman–Crippen MR) is 374 cm³/mol. The Balaban J connectivity index is -0.000000441. The minimum Gasteiger partial charge on any atom is -0.544 e. The Morgan fingerprint density at radius 2 is 0.663 bits per heavy atom. The van der Waals surface area contributed by atoms with Crippen LogP contribution in [0.25, 0.3) is 0 Å². The fraction of sp³-hybridized carbons (Fsp3) is 0.875. The van der Waals surface area contributed by atoms with Crippen molar-refractivity contribution in [3.63, 3.8) is 0 Å². The molecule has 21 nitrogen and oxygen atoms in total. The predicted octanol–water partition coefficient (Wildman–Crippen LogP) is 6.31. The Kier molecular flexibility index (Phi) is 68.9. The van der Waals surface area contributed by atoms with Gasteiger partial charge in [-0.05, 0) is 50.4 Å². The SMILES string of the molecule is CC(=O)C[N+](C)(C)CCCNC(=O)CCCCCCCC(C)CCCCCCCCC(=O)CCCC[N+](C)(C)CC(=O)O.CCCC(C)CCCCCCCC(=O)NCCC[N+](C)(C)CC(=O)[O-].O=S(=O)=O.[CH2-]CCCCCCCCC(=O)NCCC[N+](C)(C)CC(=O)[O-].[Na+]. The van der Waals surface area contributed by atoms with Gasteiger partial charge >= 0.3 is 46.1 Å². The molecule has 0 aromatic rings. The molecular weight excluding hydrogens is 1240 g/mol. The average molecular weight is 1390 g/mol. The Hall–Kier alpha value is -3.38. The van der Waals surface area contributed by atoms with Crippen LogP contribution in [0.15, 0.2) is 0 Å². The number of hydrogen-bond donors (Lipinski definition) is 4. The number of amides is 3. The number of carboxylic acids is 3. The maximum Gasteiger partial charge on any atom is 1.00 e. The van der Waals surface area contributed by atoms with E-state index in [2.05, 4.69) is 57.7 Å². The van der Waals surface area contributed by atoms with Crippen molar-refractivity contribution >= 4 is 57.8 Å². The summed E-state index contributed by atoms with van der Waals surface area (Å²) in [7, 11) is 12.3. The fourth-order valence-corrected chi connectivity index (χ4v) is 11.5. The van der Waals surface area contributed by atoms with Gasteiger partial charge in [-0.15, -0.1) is 12.6 Å². The summed E-state index contributed by atoms with van der Waals surface area (Å²) in [5.41, 5.74) is 0. The van der Waals surface area contributed by atoms with Gasteiger partial charge < -0.3 is 65.7 Å². The van der Waals surface area contributed by atoms with E-state index < -0.39 is 28.5 Å². The van der Waals surface area contributed by atoms with Crippen LogP contribution < -0.4 is 55.7 Å². The molecule has 0 spiro atoms. The van der Waals surface area contributed by atoms with Crippen molar-refractivity contribution < 1.29 is 114 Å². The van der Waals surface area contributed by atoms with Crippen molar-refractivity contribution in [3.8, 4) is 0 Å². The molecule has 554 valence electrons. The number of nitrogens with one attached hydrogen (secondary N) is 3. The zero-order valence-electron chi connectivity index (χ0n) is 63.0. The van der Waals surface area contributed by atoms with Crippen LogP contribution in [0, 0.1) is 18.8 Å². The van der Waals surface area contributed by atoms with Crippen LogP contribution in [0.4, 0.5) is 0 Å². The van der Waals surface area contributed by atoms with Crippen LogP contribution in [0.3, 0.4) is 0 Å². The summed E-state index contributed by atoms with van der Waals surface area (Å²) in [5.74, 6) is -0.277. The number of carbonyl (C=O) groups excluding carboxylic acids is 7. The molecule has 0 saturated heterocycles.